The number of hydrogen-bond donors (Lipinski definition) is 2. The molecule has 6 nitrogen and oxygen atoms in total. The van der Waals surface area contributed by atoms with Gasteiger partial charge < -0.3 is 10.4 Å². The van der Waals surface area contributed by atoms with Crippen molar-refractivity contribution in [1.29, 1.82) is 0 Å². The van der Waals surface area contributed by atoms with Crippen LogP contribution >= 0.6 is 34.5 Å². The fourth-order valence-electron chi connectivity index (χ4n) is 3.74. The zero-order valence-electron chi connectivity index (χ0n) is 20.2. The molecule has 1 aliphatic carbocycles. The van der Waals surface area contributed by atoms with Crippen LogP contribution in [0.2, 0.25) is 10.0 Å². The fraction of sp³-hybridized carbons (Fsp3) is 0.583. The maximum absolute atomic E-state index is 12.9. The third-order valence-corrected chi connectivity index (χ3v) is 9.91. The van der Waals surface area contributed by atoms with Gasteiger partial charge in [0.2, 0.25) is 0 Å². The molecule has 2 aromatic rings. The van der Waals surface area contributed by atoms with Crippen molar-refractivity contribution in [2.75, 3.05) is 12.3 Å². The molecule has 1 aliphatic rings. The van der Waals surface area contributed by atoms with Crippen LogP contribution in [-0.4, -0.2) is 42.3 Å². The summed E-state index contributed by atoms with van der Waals surface area (Å²) in [7, 11) is -3.64. The van der Waals surface area contributed by atoms with E-state index in [1.165, 1.54) is 23.8 Å². The van der Waals surface area contributed by atoms with Gasteiger partial charge in [0.25, 0.3) is 5.91 Å². The van der Waals surface area contributed by atoms with Crippen LogP contribution in [0.1, 0.15) is 69.4 Å². The highest BCUT2D eigenvalue weighted by molar-refractivity contribution is 7.91. The van der Waals surface area contributed by atoms with Crippen molar-refractivity contribution in [3.8, 4) is 10.4 Å². The van der Waals surface area contributed by atoms with E-state index >= 15 is 0 Å². The van der Waals surface area contributed by atoms with E-state index in [9.17, 15) is 18.3 Å². The zero-order chi connectivity index (χ0) is 25.5. The lowest BCUT2D eigenvalue weighted by molar-refractivity contribution is 0.0694. The molecule has 3 rings (SSSR count). The number of amides is 1. The summed E-state index contributed by atoms with van der Waals surface area (Å²) in [5.74, 6) is 0.0580. The number of carbonyl (C=O) groups excluding carboxylic acids is 1. The highest BCUT2D eigenvalue weighted by Crippen LogP contribution is 2.43. The number of carbonyl (C=O) groups is 1. The summed E-state index contributed by atoms with van der Waals surface area (Å²) < 4.78 is 25.9. The predicted octanol–water partition coefficient (Wildman–Crippen LogP) is 5.78. The second-order valence-electron chi connectivity index (χ2n) is 10.8. The SMILES string of the molecule is CC(C)(C)CS(=O)(=O)c1ccc(-c2sc(C(=O)NCC(C)(C)O)nc2CC2CCC2)c(Cl)c1Cl. The molecule has 0 unspecified atom stereocenters. The van der Waals surface area contributed by atoms with E-state index < -0.39 is 20.9 Å². The van der Waals surface area contributed by atoms with E-state index in [0.717, 1.165) is 18.5 Å². The van der Waals surface area contributed by atoms with Crippen LogP contribution in [0.4, 0.5) is 0 Å². The largest absolute Gasteiger partial charge is 0.389 e. The Labute approximate surface area is 216 Å². The molecule has 0 radical (unpaired) electrons. The number of nitrogens with one attached hydrogen (secondary N) is 1. The quantitative estimate of drug-likeness (QED) is 0.437. The molecular formula is C24H32Cl2N2O4S2. The van der Waals surface area contributed by atoms with Crippen LogP contribution in [0, 0.1) is 11.3 Å². The summed E-state index contributed by atoms with van der Waals surface area (Å²) in [6.07, 6.45) is 4.10. The fourth-order valence-corrected chi connectivity index (χ4v) is 7.61. The van der Waals surface area contributed by atoms with E-state index in [1.807, 2.05) is 20.8 Å². The molecule has 1 heterocycles. The molecule has 1 aromatic carbocycles. The molecule has 34 heavy (non-hydrogen) atoms. The van der Waals surface area contributed by atoms with Crippen molar-refractivity contribution in [2.24, 2.45) is 11.3 Å². The van der Waals surface area contributed by atoms with Gasteiger partial charge in [-0.2, -0.15) is 0 Å². The minimum atomic E-state index is -3.64. The van der Waals surface area contributed by atoms with Gasteiger partial charge in [-0.1, -0.05) is 69.3 Å². The number of aromatic nitrogens is 1. The maximum atomic E-state index is 12.9. The normalized spacial score (nSPS) is 15.3. The van der Waals surface area contributed by atoms with E-state index in [4.69, 9.17) is 23.2 Å². The summed E-state index contributed by atoms with van der Waals surface area (Å²) in [5, 5.41) is 13.0. The van der Waals surface area contributed by atoms with E-state index in [-0.39, 0.29) is 38.2 Å². The minimum Gasteiger partial charge on any atom is -0.389 e. The van der Waals surface area contributed by atoms with Gasteiger partial charge in [-0.15, -0.1) is 11.3 Å². The third-order valence-electron chi connectivity index (χ3n) is 5.53. The number of nitrogens with zero attached hydrogens (tertiary/aromatic N) is 1. The first-order valence-corrected chi connectivity index (χ1v) is 14.5. The van der Waals surface area contributed by atoms with Crippen molar-refractivity contribution in [3.63, 3.8) is 0 Å². The Kier molecular flexibility index (Phi) is 8.10. The monoisotopic (exact) mass is 546 g/mol. The molecule has 1 amide bonds. The number of aliphatic hydroxyl groups is 1. The summed E-state index contributed by atoms with van der Waals surface area (Å²) in [4.78, 5) is 18.0. The molecule has 1 fully saturated rings. The second-order valence-corrected chi connectivity index (χ2v) is 14.6. The first kappa shape index (κ1) is 27.4. The topological polar surface area (TPSA) is 96.4 Å². The lowest BCUT2D eigenvalue weighted by atomic mass is 9.82. The Morgan fingerprint density at radius 3 is 2.35 bits per heavy atom. The van der Waals surface area contributed by atoms with Crippen LogP contribution in [0.5, 0.6) is 0 Å². The smallest absolute Gasteiger partial charge is 0.280 e. The molecule has 1 aromatic heterocycles. The average molecular weight is 548 g/mol. The number of sulfone groups is 1. The molecule has 0 saturated heterocycles. The Hall–Kier alpha value is -1.19. The highest BCUT2D eigenvalue weighted by Gasteiger charge is 2.30. The van der Waals surface area contributed by atoms with Gasteiger partial charge in [0, 0.05) is 12.1 Å². The van der Waals surface area contributed by atoms with Gasteiger partial charge in [-0.3, -0.25) is 4.79 Å². The summed E-state index contributed by atoms with van der Waals surface area (Å²) in [6.45, 7) is 8.86. The van der Waals surface area contributed by atoms with Crippen LogP contribution in [0.3, 0.4) is 0 Å². The van der Waals surface area contributed by atoms with Gasteiger partial charge >= 0.3 is 0 Å². The molecule has 2 N–H and O–H groups in total. The lowest BCUT2D eigenvalue weighted by Crippen LogP contribution is -2.38. The number of hydrogen-bond acceptors (Lipinski definition) is 6. The maximum Gasteiger partial charge on any atom is 0.280 e. The molecule has 188 valence electrons. The van der Waals surface area contributed by atoms with Crippen molar-refractivity contribution in [3.05, 3.63) is 32.9 Å². The van der Waals surface area contributed by atoms with Gasteiger partial charge in [0.05, 0.1) is 36.9 Å². The van der Waals surface area contributed by atoms with Gasteiger partial charge in [0.15, 0.2) is 14.8 Å². The lowest BCUT2D eigenvalue weighted by Gasteiger charge is -2.24. The first-order valence-electron chi connectivity index (χ1n) is 11.3. The predicted molar refractivity (Wildman–Crippen MR) is 139 cm³/mol. The summed E-state index contributed by atoms with van der Waals surface area (Å²) >= 11 is 14.3. The Morgan fingerprint density at radius 1 is 1.18 bits per heavy atom. The van der Waals surface area contributed by atoms with Gasteiger partial charge in [0.1, 0.15) is 0 Å². The molecule has 0 bridgehead atoms. The van der Waals surface area contributed by atoms with Crippen LogP contribution in [0.15, 0.2) is 17.0 Å². The van der Waals surface area contributed by atoms with Crippen molar-refractivity contribution in [1.82, 2.24) is 10.3 Å². The van der Waals surface area contributed by atoms with Gasteiger partial charge in [-0.25, -0.2) is 13.4 Å². The van der Waals surface area contributed by atoms with Crippen LogP contribution < -0.4 is 5.32 Å². The van der Waals surface area contributed by atoms with Crippen LogP contribution in [-0.2, 0) is 16.3 Å². The minimum absolute atomic E-state index is 0.00560. The number of thiazole rings is 1. The van der Waals surface area contributed by atoms with E-state index in [1.54, 1.807) is 19.9 Å². The second kappa shape index (κ2) is 10.1. The highest BCUT2D eigenvalue weighted by atomic mass is 35.5. The number of rotatable bonds is 8. The first-order chi connectivity index (χ1) is 15.6. The van der Waals surface area contributed by atoms with Gasteiger partial charge in [-0.05, 0) is 37.7 Å². The standard InChI is InChI=1S/C24H32Cl2N2O4S2/c1-23(2,3)13-34(31,32)17-10-9-15(18(25)19(17)26)20-16(11-14-7-6-8-14)28-22(33-20)21(29)27-12-24(4,5)30/h9-10,14,30H,6-8,11-13H2,1-5H3,(H,27,29). The summed E-state index contributed by atoms with van der Waals surface area (Å²) in [6, 6.07) is 3.14. The van der Waals surface area contributed by atoms with Crippen LogP contribution in [0.25, 0.3) is 10.4 Å². The van der Waals surface area contributed by atoms with Crippen molar-refractivity contribution < 1.29 is 18.3 Å². The Bertz CT molecular complexity index is 1170. The van der Waals surface area contributed by atoms with Crippen molar-refractivity contribution >= 4 is 50.3 Å². The molecule has 10 heteroatoms. The van der Waals surface area contributed by atoms with E-state index in [0.29, 0.717) is 22.8 Å². The molecule has 0 aliphatic heterocycles. The third kappa shape index (κ3) is 6.72. The zero-order valence-corrected chi connectivity index (χ0v) is 23.3. The Morgan fingerprint density at radius 2 is 1.82 bits per heavy atom. The Balaban J connectivity index is 2.01. The molecule has 1 saturated carbocycles. The average Bonchev–Trinajstić information content (AvgIpc) is 3.06. The van der Waals surface area contributed by atoms with Crippen molar-refractivity contribution in [2.45, 2.75) is 70.8 Å². The number of halogens is 2. The molecule has 0 atom stereocenters. The molecule has 0 spiro atoms. The molecular weight excluding hydrogens is 515 g/mol. The summed E-state index contributed by atoms with van der Waals surface area (Å²) in [5.41, 5.74) is -0.164. The van der Waals surface area contributed by atoms with E-state index in [2.05, 4.69) is 10.3 Å². The number of benzene rings is 1.